The highest BCUT2D eigenvalue weighted by Gasteiger charge is 2.10. The molecule has 2 aromatic carbocycles. The van der Waals surface area contributed by atoms with Gasteiger partial charge in [0.2, 0.25) is 11.8 Å². The van der Waals surface area contributed by atoms with Gasteiger partial charge in [0, 0.05) is 10.6 Å². The van der Waals surface area contributed by atoms with Gasteiger partial charge in [-0.3, -0.25) is 9.59 Å². The zero-order chi connectivity index (χ0) is 15.4. The molecule has 0 atom stereocenters. The molecule has 0 fully saturated rings. The molecule has 108 valence electrons. The number of primary amides is 1. The van der Waals surface area contributed by atoms with Gasteiger partial charge in [-0.2, -0.15) is 0 Å². The second-order valence-electron chi connectivity index (χ2n) is 4.41. The fourth-order valence-corrected chi connectivity index (χ4v) is 2.01. The van der Waals surface area contributed by atoms with Crippen molar-refractivity contribution in [3.63, 3.8) is 0 Å². The van der Waals surface area contributed by atoms with Gasteiger partial charge in [0.25, 0.3) is 0 Å². The Hall–Kier alpha value is -2.40. The number of carbonyl (C=O) groups is 2. The molecule has 4 nitrogen and oxygen atoms in total. The van der Waals surface area contributed by atoms with Crippen molar-refractivity contribution in [2.75, 3.05) is 5.32 Å². The van der Waals surface area contributed by atoms with Gasteiger partial charge >= 0.3 is 0 Å². The Balaban J connectivity index is 2.08. The Kier molecular flexibility index (Phi) is 4.55. The number of rotatable bonds is 4. The summed E-state index contributed by atoms with van der Waals surface area (Å²) in [6.45, 7) is 0. The van der Waals surface area contributed by atoms with E-state index in [1.807, 2.05) is 0 Å². The van der Waals surface area contributed by atoms with Crippen LogP contribution in [0.15, 0.2) is 42.5 Å². The first-order valence-corrected chi connectivity index (χ1v) is 6.47. The van der Waals surface area contributed by atoms with E-state index in [1.165, 1.54) is 12.1 Å². The number of nitrogens with one attached hydrogen (secondary N) is 1. The van der Waals surface area contributed by atoms with Crippen molar-refractivity contribution >= 4 is 29.1 Å². The van der Waals surface area contributed by atoms with E-state index in [9.17, 15) is 14.0 Å². The highest BCUT2D eigenvalue weighted by Crippen LogP contribution is 2.17. The van der Waals surface area contributed by atoms with E-state index in [0.717, 1.165) is 6.07 Å². The number of hydrogen-bond donors (Lipinski definition) is 2. The van der Waals surface area contributed by atoms with Crippen LogP contribution in [0.1, 0.15) is 15.9 Å². The van der Waals surface area contributed by atoms with E-state index in [1.54, 1.807) is 24.3 Å². The molecule has 6 heteroatoms. The van der Waals surface area contributed by atoms with Crippen LogP contribution in [0.25, 0.3) is 0 Å². The Bertz CT molecular complexity index is 704. The summed E-state index contributed by atoms with van der Waals surface area (Å²) in [5.41, 5.74) is 5.80. The minimum atomic E-state index is -0.731. The number of halogens is 2. The number of anilines is 1. The fraction of sp³-hybridized carbons (Fsp3) is 0.0667. The average Bonchev–Trinajstić information content (AvgIpc) is 2.40. The molecule has 0 aliphatic rings. The number of carbonyl (C=O) groups excluding carboxylic acids is 2. The van der Waals surface area contributed by atoms with Crippen molar-refractivity contribution in [3.05, 3.63) is 64.4 Å². The van der Waals surface area contributed by atoms with Crippen LogP contribution in [0.4, 0.5) is 10.1 Å². The minimum absolute atomic E-state index is 0.00738. The van der Waals surface area contributed by atoms with E-state index < -0.39 is 11.7 Å². The van der Waals surface area contributed by atoms with Gasteiger partial charge < -0.3 is 11.1 Å². The molecule has 3 N–H and O–H groups in total. The summed E-state index contributed by atoms with van der Waals surface area (Å²) in [7, 11) is 0. The fourth-order valence-electron chi connectivity index (χ4n) is 1.80. The summed E-state index contributed by atoms with van der Waals surface area (Å²) in [6.07, 6.45) is 0.0670. The first-order chi connectivity index (χ1) is 9.95. The minimum Gasteiger partial charge on any atom is -0.366 e. The van der Waals surface area contributed by atoms with Crippen LogP contribution in [0, 0.1) is 5.82 Å². The zero-order valence-corrected chi connectivity index (χ0v) is 11.7. The standard InChI is InChI=1S/C15H12ClFN2O2/c16-11-3-1-2-9(6-11)7-14(20)19-13-5-4-10(15(18)21)8-12(13)17/h1-6,8H,7H2,(H2,18,21)(H,19,20). The molecule has 0 heterocycles. The molecule has 0 bridgehead atoms. The lowest BCUT2D eigenvalue weighted by Crippen LogP contribution is -2.16. The molecular weight excluding hydrogens is 295 g/mol. The van der Waals surface area contributed by atoms with Gasteiger partial charge in [0.1, 0.15) is 5.82 Å². The summed E-state index contributed by atoms with van der Waals surface area (Å²) < 4.78 is 13.7. The molecular formula is C15H12ClFN2O2. The number of amides is 2. The van der Waals surface area contributed by atoms with Crippen molar-refractivity contribution < 1.29 is 14.0 Å². The van der Waals surface area contributed by atoms with E-state index in [2.05, 4.69) is 5.32 Å². The average molecular weight is 307 g/mol. The first-order valence-electron chi connectivity index (χ1n) is 6.09. The van der Waals surface area contributed by atoms with Crippen molar-refractivity contribution in [3.8, 4) is 0 Å². The van der Waals surface area contributed by atoms with E-state index in [-0.39, 0.29) is 23.6 Å². The van der Waals surface area contributed by atoms with Crippen LogP contribution < -0.4 is 11.1 Å². The van der Waals surface area contributed by atoms with E-state index in [4.69, 9.17) is 17.3 Å². The van der Waals surface area contributed by atoms with Gasteiger partial charge in [-0.15, -0.1) is 0 Å². The Labute approximate surface area is 125 Å². The van der Waals surface area contributed by atoms with Gasteiger partial charge in [0.05, 0.1) is 12.1 Å². The zero-order valence-electron chi connectivity index (χ0n) is 10.9. The quantitative estimate of drug-likeness (QED) is 0.911. The lowest BCUT2D eigenvalue weighted by Gasteiger charge is -2.07. The molecule has 0 unspecified atom stereocenters. The molecule has 0 aromatic heterocycles. The van der Waals surface area contributed by atoms with Gasteiger partial charge in [-0.1, -0.05) is 23.7 Å². The predicted octanol–water partition coefficient (Wildman–Crippen LogP) is 2.76. The van der Waals surface area contributed by atoms with Crippen LogP contribution >= 0.6 is 11.6 Å². The third kappa shape index (κ3) is 4.03. The predicted molar refractivity (Wildman–Crippen MR) is 78.7 cm³/mol. The molecule has 0 aliphatic heterocycles. The molecule has 2 rings (SSSR count). The third-order valence-electron chi connectivity index (χ3n) is 2.78. The molecule has 0 radical (unpaired) electrons. The molecule has 2 aromatic rings. The largest absolute Gasteiger partial charge is 0.366 e. The Morgan fingerprint density at radius 2 is 1.95 bits per heavy atom. The van der Waals surface area contributed by atoms with Crippen LogP contribution in [-0.4, -0.2) is 11.8 Å². The molecule has 0 spiro atoms. The van der Waals surface area contributed by atoms with Crippen molar-refractivity contribution in [2.45, 2.75) is 6.42 Å². The van der Waals surface area contributed by atoms with Crippen LogP contribution in [-0.2, 0) is 11.2 Å². The summed E-state index contributed by atoms with van der Waals surface area (Å²) in [5.74, 6) is -1.83. The van der Waals surface area contributed by atoms with Crippen LogP contribution in [0.3, 0.4) is 0 Å². The van der Waals surface area contributed by atoms with E-state index >= 15 is 0 Å². The van der Waals surface area contributed by atoms with Crippen molar-refractivity contribution in [1.29, 1.82) is 0 Å². The molecule has 2 amide bonds. The monoisotopic (exact) mass is 306 g/mol. The lowest BCUT2D eigenvalue weighted by atomic mass is 10.1. The molecule has 21 heavy (non-hydrogen) atoms. The Morgan fingerprint density at radius 1 is 1.19 bits per heavy atom. The lowest BCUT2D eigenvalue weighted by molar-refractivity contribution is -0.115. The van der Waals surface area contributed by atoms with Crippen molar-refractivity contribution in [1.82, 2.24) is 0 Å². The Morgan fingerprint density at radius 3 is 2.57 bits per heavy atom. The second kappa shape index (κ2) is 6.37. The van der Waals surface area contributed by atoms with Gasteiger partial charge in [-0.25, -0.2) is 4.39 Å². The van der Waals surface area contributed by atoms with Crippen LogP contribution in [0.2, 0.25) is 5.02 Å². The van der Waals surface area contributed by atoms with E-state index in [0.29, 0.717) is 10.6 Å². The smallest absolute Gasteiger partial charge is 0.248 e. The van der Waals surface area contributed by atoms with Crippen LogP contribution in [0.5, 0.6) is 0 Å². The molecule has 0 aliphatic carbocycles. The van der Waals surface area contributed by atoms with Gasteiger partial charge in [0.15, 0.2) is 0 Å². The third-order valence-corrected chi connectivity index (χ3v) is 3.02. The molecule has 0 saturated carbocycles. The SMILES string of the molecule is NC(=O)c1ccc(NC(=O)Cc2cccc(Cl)c2)c(F)c1. The highest BCUT2D eigenvalue weighted by molar-refractivity contribution is 6.30. The first kappa shape index (κ1) is 15.0. The normalized spacial score (nSPS) is 10.2. The number of hydrogen-bond acceptors (Lipinski definition) is 2. The summed E-state index contributed by atoms with van der Waals surface area (Å²) in [4.78, 5) is 22.8. The summed E-state index contributed by atoms with van der Waals surface area (Å²) in [6, 6.07) is 10.5. The highest BCUT2D eigenvalue weighted by atomic mass is 35.5. The van der Waals surface area contributed by atoms with Crippen molar-refractivity contribution in [2.24, 2.45) is 5.73 Å². The second-order valence-corrected chi connectivity index (χ2v) is 4.85. The van der Waals surface area contributed by atoms with Gasteiger partial charge in [-0.05, 0) is 35.9 Å². The maximum absolute atomic E-state index is 13.7. The molecule has 0 saturated heterocycles. The number of benzene rings is 2. The maximum atomic E-state index is 13.7. The number of nitrogens with two attached hydrogens (primary N) is 1. The summed E-state index contributed by atoms with van der Waals surface area (Å²) >= 11 is 5.83. The maximum Gasteiger partial charge on any atom is 0.248 e. The summed E-state index contributed by atoms with van der Waals surface area (Å²) in [5, 5.41) is 2.96. The topological polar surface area (TPSA) is 72.2 Å².